The van der Waals surface area contributed by atoms with Crippen LogP contribution in [0.1, 0.15) is 54.3 Å². The van der Waals surface area contributed by atoms with Crippen LogP contribution in [0.2, 0.25) is 0 Å². The zero-order valence-electron chi connectivity index (χ0n) is 16.1. The lowest BCUT2D eigenvalue weighted by atomic mass is 9.77. The van der Waals surface area contributed by atoms with Crippen LogP contribution in [0.5, 0.6) is 0 Å². The second kappa shape index (κ2) is 6.94. The molecular formula is C19H22N8O2. The van der Waals surface area contributed by atoms with Crippen LogP contribution < -0.4 is 5.56 Å². The van der Waals surface area contributed by atoms with E-state index in [-0.39, 0.29) is 29.3 Å². The summed E-state index contributed by atoms with van der Waals surface area (Å²) in [5.41, 5.74) is 1.52. The molecular weight excluding hydrogens is 372 g/mol. The van der Waals surface area contributed by atoms with Crippen LogP contribution in [-0.4, -0.2) is 58.9 Å². The van der Waals surface area contributed by atoms with Gasteiger partial charge in [0.05, 0.1) is 0 Å². The Morgan fingerprint density at radius 3 is 3.00 bits per heavy atom. The van der Waals surface area contributed by atoms with Gasteiger partial charge < -0.3 is 9.47 Å². The third-order valence-electron chi connectivity index (χ3n) is 6.05. The minimum absolute atomic E-state index is 0.0649. The summed E-state index contributed by atoms with van der Waals surface area (Å²) in [6, 6.07) is 7.29. The molecule has 150 valence electrons. The first-order chi connectivity index (χ1) is 14.2. The predicted octanol–water partition coefficient (Wildman–Crippen LogP) is 1.15. The third-order valence-corrected chi connectivity index (χ3v) is 6.05. The Kier molecular flexibility index (Phi) is 4.26. The molecule has 1 fully saturated rings. The number of fused-ring (bicyclic) bond motifs is 4. The van der Waals surface area contributed by atoms with Gasteiger partial charge in [0.2, 0.25) is 0 Å². The van der Waals surface area contributed by atoms with Crippen molar-refractivity contribution in [1.29, 1.82) is 0 Å². The van der Waals surface area contributed by atoms with Gasteiger partial charge in [-0.25, -0.2) is 0 Å². The lowest BCUT2D eigenvalue weighted by Gasteiger charge is -2.47. The highest BCUT2D eigenvalue weighted by Gasteiger charge is 2.41. The second-order valence-corrected chi connectivity index (χ2v) is 7.81. The lowest BCUT2D eigenvalue weighted by molar-refractivity contribution is 0.0513. The molecule has 10 nitrogen and oxygen atoms in total. The third kappa shape index (κ3) is 2.95. The first-order valence-corrected chi connectivity index (χ1v) is 9.95. The smallest absolute Gasteiger partial charge is 0.271 e. The fourth-order valence-electron chi connectivity index (χ4n) is 4.85. The van der Waals surface area contributed by atoms with Crippen LogP contribution in [0, 0.1) is 5.92 Å². The summed E-state index contributed by atoms with van der Waals surface area (Å²) in [5.74, 6) is 0.818. The molecule has 0 unspecified atom stereocenters. The Bertz CT molecular complexity index is 1090. The maximum atomic E-state index is 13.2. The average Bonchev–Trinajstić information content (AvgIpc) is 3.42. The summed E-state index contributed by atoms with van der Waals surface area (Å²) in [4.78, 5) is 27.7. The number of carbonyl (C=O) groups excluding carboxylic acids is 1. The molecule has 0 aliphatic carbocycles. The highest BCUT2D eigenvalue weighted by Crippen LogP contribution is 2.43. The molecule has 1 N–H and O–H groups in total. The van der Waals surface area contributed by atoms with E-state index in [2.05, 4.69) is 32.6 Å². The van der Waals surface area contributed by atoms with Crippen LogP contribution in [0.4, 0.5) is 0 Å². The van der Waals surface area contributed by atoms with Gasteiger partial charge >= 0.3 is 0 Å². The molecule has 10 heteroatoms. The Labute approximate surface area is 166 Å². The van der Waals surface area contributed by atoms with E-state index in [4.69, 9.17) is 0 Å². The highest BCUT2D eigenvalue weighted by molar-refractivity contribution is 5.92. The molecule has 5 heterocycles. The van der Waals surface area contributed by atoms with Crippen molar-refractivity contribution in [2.75, 3.05) is 13.1 Å². The maximum Gasteiger partial charge on any atom is 0.271 e. The second-order valence-electron chi connectivity index (χ2n) is 7.81. The number of tetrazole rings is 1. The summed E-state index contributed by atoms with van der Waals surface area (Å²) >= 11 is 0. The van der Waals surface area contributed by atoms with Crippen molar-refractivity contribution in [2.24, 2.45) is 5.92 Å². The van der Waals surface area contributed by atoms with Gasteiger partial charge in [-0.15, -0.1) is 5.10 Å². The molecule has 5 rings (SSSR count). The SMILES string of the molecule is CCC[C@H]1[C@H]2C[C@H](CN(C(=O)c3cc(-n4cnnn4)n[nH]3)C2)c2cccc(=O)n21. The molecule has 2 aliphatic rings. The molecule has 3 atom stereocenters. The van der Waals surface area contributed by atoms with Crippen molar-refractivity contribution in [2.45, 2.75) is 38.1 Å². The van der Waals surface area contributed by atoms with E-state index < -0.39 is 0 Å². The monoisotopic (exact) mass is 394 g/mol. The quantitative estimate of drug-likeness (QED) is 0.710. The number of nitrogens with zero attached hydrogens (tertiary/aromatic N) is 7. The summed E-state index contributed by atoms with van der Waals surface area (Å²) in [7, 11) is 0. The van der Waals surface area contributed by atoms with E-state index >= 15 is 0 Å². The van der Waals surface area contributed by atoms with Crippen LogP contribution in [0.15, 0.2) is 35.4 Å². The number of piperidine rings is 1. The van der Waals surface area contributed by atoms with Gasteiger partial charge in [0, 0.05) is 42.9 Å². The van der Waals surface area contributed by atoms with Crippen LogP contribution >= 0.6 is 0 Å². The molecule has 29 heavy (non-hydrogen) atoms. The standard InChI is InChI=1S/C19H22N8O2/c1-2-4-15-12-7-13(16-5-3-6-18(28)27(15)16)10-25(9-12)19(29)14-8-17(22-21-14)26-11-20-23-24-26/h3,5-6,8,11-13,15H,2,4,7,9-10H2,1H3,(H,21,22)/t12-,13+,15-/m0/s1. The number of carbonyl (C=O) groups is 1. The molecule has 1 saturated heterocycles. The van der Waals surface area contributed by atoms with E-state index in [1.165, 1.54) is 11.0 Å². The number of hydrogen-bond acceptors (Lipinski definition) is 6. The molecule has 3 aromatic heterocycles. The van der Waals surface area contributed by atoms with Crippen LogP contribution in [-0.2, 0) is 0 Å². The van der Waals surface area contributed by atoms with Crippen molar-refractivity contribution >= 4 is 5.91 Å². The fourth-order valence-corrected chi connectivity index (χ4v) is 4.85. The Balaban J connectivity index is 1.44. The zero-order valence-corrected chi connectivity index (χ0v) is 16.1. The van der Waals surface area contributed by atoms with Crippen molar-refractivity contribution in [3.8, 4) is 5.82 Å². The minimum Gasteiger partial charge on any atom is -0.336 e. The van der Waals surface area contributed by atoms with Gasteiger partial charge in [-0.2, -0.15) is 9.78 Å². The van der Waals surface area contributed by atoms with Gasteiger partial charge in [-0.05, 0) is 35.3 Å². The van der Waals surface area contributed by atoms with Gasteiger partial charge in [0.15, 0.2) is 5.82 Å². The number of rotatable bonds is 4. The summed E-state index contributed by atoms with van der Waals surface area (Å²) in [5, 5.41) is 17.9. The number of hydrogen-bond donors (Lipinski definition) is 1. The Morgan fingerprint density at radius 1 is 1.31 bits per heavy atom. The number of nitrogens with one attached hydrogen (secondary N) is 1. The predicted molar refractivity (Wildman–Crippen MR) is 103 cm³/mol. The summed E-state index contributed by atoms with van der Waals surface area (Å²) < 4.78 is 3.38. The maximum absolute atomic E-state index is 13.2. The number of aromatic nitrogens is 7. The molecule has 2 aliphatic heterocycles. The fraction of sp³-hybridized carbons (Fsp3) is 0.474. The van der Waals surface area contributed by atoms with Crippen LogP contribution in [0.3, 0.4) is 0 Å². The molecule has 2 bridgehead atoms. The zero-order chi connectivity index (χ0) is 20.0. The van der Waals surface area contributed by atoms with E-state index in [0.717, 1.165) is 25.0 Å². The first kappa shape index (κ1) is 17.8. The molecule has 0 spiro atoms. The number of H-pyrrole nitrogens is 1. The topological polar surface area (TPSA) is 115 Å². The van der Waals surface area contributed by atoms with E-state index in [0.29, 0.717) is 24.6 Å². The summed E-state index contributed by atoms with van der Waals surface area (Å²) in [6.45, 7) is 3.37. The largest absolute Gasteiger partial charge is 0.336 e. The molecule has 0 radical (unpaired) electrons. The lowest BCUT2D eigenvalue weighted by Crippen LogP contribution is -2.51. The van der Waals surface area contributed by atoms with Gasteiger partial charge in [-0.3, -0.25) is 14.7 Å². The molecule has 1 amide bonds. The Morgan fingerprint density at radius 2 is 2.21 bits per heavy atom. The van der Waals surface area contributed by atoms with Crippen molar-refractivity contribution < 1.29 is 4.79 Å². The van der Waals surface area contributed by atoms with Crippen LogP contribution in [0.25, 0.3) is 5.82 Å². The van der Waals surface area contributed by atoms with E-state index in [9.17, 15) is 9.59 Å². The highest BCUT2D eigenvalue weighted by atomic mass is 16.2. The normalized spacial score (nSPS) is 23.1. The first-order valence-electron chi connectivity index (χ1n) is 9.95. The molecule has 0 saturated carbocycles. The Hall–Kier alpha value is -3.30. The minimum atomic E-state index is -0.0894. The number of aromatic amines is 1. The van der Waals surface area contributed by atoms with E-state index in [1.807, 2.05) is 21.6 Å². The van der Waals surface area contributed by atoms with Gasteiger partial charge in [-0.1, -0.05) is 19.4 Å². The van der Waals surface area contributed by atoms with Crippen molar-refractivity contribution in [1.82, 2.24) is 39.9 Å². The van der Waals surface area contributed by atoms with E-state index in [1.54, 1.807) is 12.1 Å². The number of amides is 1. The van der Waals surface area contributed by atoms with Crippen molar-refractivity contribution in [3.05, 3.63) is 52.3 Å². The summed E-state index contributed by atoms with van der Waals surface area (Å²) in [6.07, 6.45) is 4.37. The average molecular weight is 394 g/mol. The van der Waals surface area contributed by atoms with Gasteiger partial charge in [0.25, 0.3) is 11.5 Å². The molecule has 3 aromatic rings. The van der Waals surface area contributed by atoms with Crippen molar-refractivity contribution in [3.63, 3.8) is 0 Å². The number of likely N-dealkylation sites (tertiary alicyclic amines) is 1. The van der Waals surface area contributed by atoms with Gasteiger partial charge in [0.1, 0.15) is 12.0 Å². The molecule has 0 aromatic carbocycles. The number of pyridine rings is 1.